The normalized spacial score (nSPS) is 19.3. The number of rotatable bonds is 5. The zero-order valence-electron chi connectivity index (χ0n) is 16.0. The van der Waals surface area contributed by atoms with E-state index in [-0.39, 0.29) is 12.2 Å². The van der Waals surface area contributed by atoms with Gasteiger partial charge in [0.15, 0.2) is 0 Å². The molecule has 1 N–H and O–H groups in total. The largest absolute Gasteiger partial charge is 0.345 e. The smallest absolute Gasteiger partial charge is 0.295 e. The number of fused-ring (bicyclic) bond motifs is 2. The lowest BCUT2D eigenvalue weighted by atomic mass is 9.87. The second-order valence-electron chi connectivity index (χ2n) is 7.29. The summed E-state index contributed by atoms with van der Waals surface area (Å²) in [5, 5.41) is 7.65. The van der Waals surface area contributed by atoms with Crippen LogP contribution < -0.4 is 4.90 Å². The molecule has 2 atom stereocenters. The number of Topliss-reactive ketones (excluding diaryl/α,β-unsaturated/α-hetero) is 2. The highest BCUT2D eigenvalue weighted by Crippen LogP contribution is 2.41. The molecule has 9 heteroatoms. The van der Waals surface area contributed by atoms with E-state index in [2.05, 4.69) is 20.3 Å². The average molecular weight is 403 g/mol. The Labute approximate surface area is 170 Å². The number of amides is 1. The van der Waals surface area contributed by atoms with Gasteiger partial charge in [0.1, 0.15) is 22.7 Å². The van der Waals surface area contributed by atoms with Gasteiger partial charge in [-0.2, -0.15) is 0 Å². The third-order valence-corrected chi connectivity index (χ3v) is 5.45. The van der Waals surface area contributed by atoms with Gasteiger partial charge in [0.05, 0.1) is 23.4 Å². The van der Waals surface area contributed by atoms with E-state index in [0.29, 0.717) is 28.7 Å². The maximum atomic E-state index is 13.0. The van der Waals surface area contributed by atoms with Crippen molar-refractivity contribution in [1.29, 1.82) is 0 Å². The van der Waals surface area contributed by atoms with Gasteiger partial charge in [0.25, 0.3) is 5.91 Å². The van der Waals surface area contributed by atoms with Crippen LogP contribution in [-0.2, 0) is 14.4 Å². The van der Waals surface area contributed by atoms with Crippen molar-refractivity contribution in [1.82, 2.24) is 20.3 Å². The fraction of sp³-hybridized carbons (Fsp3) is 0.238. The van der Waals surface area contributed by atoms with Crippen LogP contribution in [0.4, 0.5) is 5.69 Å². The number of imidazole rings is 1. The highest BCUT2D eigenvalue weighted by molar-refractivity contribution is 6.48. The molecule has 0 bridgehead atoms. The first-order valence-electron chi connectivity index (χ1n) is 9.64. The standard InChI is InChI=1S/C21H17N5O4/c1-2-3-17(27)18-19(11-4-6-14-16(8-11)25-30-24-14)26(21(29)20(18)28)12-5-7-13-15(9-12)23-10-22-13/h4-10,18-19H,2-3H2,1H3,(H,22,23). The summed E-state index contributed by atoms with van der Waals surface area (Å²) in [5.74, 6) is -2.72. The highest BCUT2D eigenvalue weighted by Gasteiger charge is 2.51. The molecule has 9 nitrogen and oxygen atoms in total. The van der Waals surface area contributed by atoms with Crippen molar-refractivity contribution in [2.75, 3.05) is 4.90 Å². The maximum absolute atomic E-state index is 13.0. The molecule has 1 aliphatic heterocycles. The van der Waals surface area contributed by atoms with Crippen molar-refractivity contribution in [3.8, 4) is 0 Å². The van der Waals surface area contributed by atoms with E-state index >= 15 is 0 Å². The van der Waals surface area contributed by atoms with E-state index in [4.69, 9.17) is 4.63 Å². The predicted octanol–water partition coefficient (Wildman–Crippen LogP) is 2.74. The summed E-state index contributed by atoms with van der Waals surface area (Å²) in [4.78, 5) is 47.5. The third-order valence-electron chi connectivity index (χ3n) is 5.45. The summed E-state index contributed by atoms with van der Waals surface area (Å²) < 4.78 is 4.76. The lowest BCUT2D eigenvalue weighted by molar-refractivity contribution is -0.139. The van der Waals surface area contributed by atoms with Gasteiger partial charge in [-0.05, 0) is 52.6 Å². The van der Waals surface area contributed by atoms with Gasteiger partial charge in [-0.3, -0.25) is 19.3 Å². The lowest BCUT2D eigenvalue weighted by Gasteiger charge is -2.27. The number of hydrogen-bond acceptors (Lipinski definition) is 7. The first-order valence-corrected chi connectivity index (χ1v) is 9.64. The van der Waals surface area contributed by atoms with Crippen LogP contribution in [0, 0.1) is 5.92 Å². The van der Waals surface area contributed by atoms with Gasteiger partial charge in [0.2, 0.25) is 5.78 Å². The molecule has 150 valence electrons. The van der Waals surface area contributed by atoms with E-state index in [0.717, 1.165) is 11.0 Å². The van der Waals surface area contributed by atoms with Gasteiger partial charge in [-0.1, -0.05) is 13.0 Å². The van der Waals surface area contributed by atoms with Gasteiger partial charge in [-0.25, -0.2) is 9.61 Å². The molecule has 0 saturated carbocycles. The fourth-order valence-corrected chi connectivity index (χ4v) is 4.07. The Morgan fingerprint density at radius 2 is 1.90 bits per heavy atom. The summed E-state index contributed by atoms with van der Waals surface area (Å²) in [6.07, 6.45) is 2.37. The predicted molar refractivity (Wildman–Crippen MR) is 107 cm³/mol. The molecule has 30 heavy (non-hydrogen) atoms. The number of aromatic amines is 1. The Bertz CT molecular complexity index is 1310. The van der Waals surface area contributed by atoms with Crippen LogP contribution in [0.5, 0.6) is 0 Å². The van der Waals surface area contributed by atoms with Gasteiger partial charge < -0.3 is 4.98 Å². The Kier molecular flexibility index (Phi) is 4.16. The molecule has 0 spiro atoms. The average Bonchev–Trinajstić information content (AvgIpc) is 3.45. The van der Waals surface area contributed by atoms with Crippen molar-refractivity contribution in [3.63, 3.8) is 0 Å². The second-order valence-corrected chi connectivity index (χ2v) is 7.29. The number of carbonyl (C=O) groups excluding carboxylic acids is 3. The van der Waals surface area contributed by atoms with Crippen molar-refractivity contribution in [2.45, 2.75) is 25.8 Å². The SMILES string of the molecule is CCCC(=O)C1C(=O)C(=O)N(c2ccc3nc[nH]c3c2)C1c1ccc2nonc2c1. The quantitative estimate of drug-likeness (QED) is 0.401. The number of aromatic nitrogens is 4. The van der Waals surface area contributed by atoms with Crippen molar-refractivity contribution in [3.05, 3.63) is 48.3 Å². The minimum absolute atomic E-state index is 0.224. The summed E-state index contributed by atoms with van der Waals surface area (Å²) in [5.41, 5.74) is 3.64. The first-order chi connectivity index (χ1) is 14.6. The molecule has 1 amide bonds. The van der Waals surface area contributed by atoms with Crippen LogP contribution in [0.25, 0.3) is 22.1 Å². The van der Waals surface area contributed by atoms with Gasteiger partial charge >= 0.3 is 0 Å². The molecule has 1 aliphatic rings. The maximum Gasteiger partial charge on any atom is 0.295 e. The minimum atomic E-state index is -1.08. The van der Waals surface area contributed by atoms with Crippen LogP contribution in [0.2, 0.25) is 0 Å². The molecule has 5 rings (SSSR count). The summed E-state index contributed by atoms with van der Waals surface area (Å²) in [6.45, 7) is 1.87. The minimum Gasteiger partial charge on any atom is -0.345 e. The number of nitrogens with one attached hydrogen (secondary N) is 1. The van der Waals surface area contributed by atoms with Crippen LogP contribution in [-0.4, -0.2) is 37.8 Å². The number of anilines is 1. The first kappa shape index (κ1) is 18.2. The lowest BCUT2D eigenvalue weighted by Crippen LogP contribution is -2.30. The van der Waals surface area contributed by atoms with Gasteiger partial charge in [-0.15, -0.1) is 0 Å². The Hall–Kier alpha value is -3.88. The Balaban J connectivity index is 1.68. The molecule has 2 aromatic heterocycles. The molecule has 0 aliphatic carbocycles. The van der Waals surface area contributed by atoms with Gasteiger partial charge in [0, 0.05) is 12.1 Å². The van der Waals surface area contributed by atoms with Crippen LogP contribution in [0.15, 0.2) is 47.4 Å². The number of H-pyrrole nitrogens is 1. The molecule has 2 aromatic carbocycles. The monoisotopic (exact) mass is 403 g/mol. The molecular weight excluding hydrogens is 386 g/mol. The Morgan fingerprint density at radius 3 is 2.73 bits per heavy atom. The number of nitrogens with zero attached hydrogens (tertiary/aromatic N) is 4. The third kappa shape index (κ3) is 2.70. The summed E-state index contributed by atoms with van der Waals surface area (Å²) in [6, 6.07) is 9.63. The second kappa shape index (κ2) is 6.87. The molecule has 1 saturated heterocycles. The Morgan fingerprint density at radius 1 is 1.10 bits per heavy atom. The number of benzene rings is 2. The van der Waals surface area contributed by atoms with Crippen LogP contribution in [0.1, 0.15) is 31.4 Å². The summed E-state index contributed by atoms with van der Waals surface area (Å²) >= 11 is 0. The number of hydrogen-bond donors (Lipinski definition) is 1. The van der Waals surface area contributed by atoms with E-state index < -0.39 is 23.7 Å². The molecule has 1 fully saturated rings. The molecule has 4 aromatic rings. The van der Waals surface area contributed by atoms with E-state index in [1.165, 1.54) is 4.90 Å². The molecule has 2 unspecified atom stereocenters. The van der Waals surface area contributed by atoms with Crippen molar-refractivity contribution >= 4 is 45.2 Å². The van der Waals surface area contributed by atoms with Crippen LogP contribution in [0.3, 0.4) is 0 Å². The molecule has 3 heterocycles. The van der Waals surface area contributed by atoms with Crippen molar-refractivity contribution < 1.29 is 19.0 Å². The number of ketones is 2. The molecule has 0 radical (unpaired) electrons. The highest BCUT2D eigenvalue weighted by atomic mass is 16.6. The van der Waals surface area contributed by atoms with Crippen molar-refractivity contribution in [2.24, 2.45) is 5.92 Å². The van der Waals surface area contributed by atoms with E-state index in [9.17, 15) is 14.4 Å². The van der Waals surface area contributed by atoms with E-state index in [1.54, 1.807) is 42.7 Å². The topological polar surface area (TPSA) is 122 Å². The number of carbonyl (C=O) groups is 3. The zero-order valence-corrected chi connectivity index (χ0v) is 16.0. The van der Waals surface area contributed by atoms with E-state index in [1.807, 2.05) is 6.92 Å². The van der Waals surface area contributed by atoms with Crippen LogP contribution >= 0.6 is 0 Å². The zero-order chi connectivity index (χ0) is 20.8. The molecular formula is C21H17N5O4. The fourth-order valence-electron chi connectivity index (χ4n) is 4.07. The summed E-state index contributed by atoms with van der Waals surface area (Å²) in [7, 11) is 0.